The van der Waals surface area contributed by atoms with E-state index in [0.29, 0.717) is 13.2 Å². The summed E-state index contributed by atoms with van der Waals surface area (Å²) in [6, 6.07) is 2.59. The summed E-state index contributed by atoms with van der Waals surface area (Å²) in [7, 11) is 0. The highest BCUT2D eigenvalue weighted by molar-refractivity contribution is 5.99. The summed E-state index contributed by atoms with van der Waals surface area (Å²) in [6.45, 7) is 4.27. The van der Waals surface area contributed by atoms with Crippen LogP contribution in [-0.4, -0.2) is 36.1 Å². The van der Waals surface area contributed by atoms with Gasteiger partial charge in [-0.2, -0.15) is 13.2 Å². The largest absolute Gasteiger partial charge is 0.416 e. The van der Waals surface area contributed by atoms with E-state index in [2.05, 4.69) is 0 Å². The van der Waals surface area contributed by atoms with Crippen molar-refractivity contribution in [3.63, 3.8) is 0 Å². The maximum atomic E-state index is 12.8. The summed E-state index contributed by atoms with van der Waals surface area (Å²) in [6.07, 6.45) is -4.66. The van der Waals surface area contributed by atoms with Gasteiger partial charge in [0, 0.05) is 12.2 Å². The zero-order valence-electron chi connectivity index (χ0n) is 11.8. The predicted octanol–water partition coefficient (Wildman–Crippen LogP) is 2.54. The normalized spacial score (nSPS) is 23.2. The first kappa shape index (κ1) is 15.6. The van der Waals surface area contributed by atoms with Crippen LogP contribution in [-0.2, 0) is 10.9 Å². The molecule has 7 heteroatoms. The van der Waals surface area contributed by atoms with Crippen LogP contribution in [0.3, 0.4) is 0 Å². The first-order valence-electron chi connectivity index (χ1n) is 6.59. The van der Waals surface area contributed by atoms with Crippen molar-refractivity contribution in [2.75, 3.05) is 18.9 Å². The Kier molecular flexibility index (Phi) is 4.13. The molecule has 2 N–H and O–H groups in total. The average Bonchev–Trinajstić information content (AvgIpc) is 2.40. The molecule has 0 aromatic heterocycles. The molecular weight excluding hydrogens is 285 g/mol. The zero-order valence-corrected chi connectivity index (χ0v) is 11.8. The van der Waals surface area contributed by atoms with Crippen LogP contribution in [0.2, 0.25) is 0 Å². The van der Waals surface area contributed by atoms with Crippen molar-refractivity contribution >= 4 is 11.6 Å². The number of rotatable bonds is 1. The van der Waals surface area contributed by atoms with Gasteiger partial charge in [0.1, 0.15) is 0 Å². The Bertz CT molecular complexity index is 546. The molecule has 0 spiro atoms. The molecule has 21 heavy (non-hydrogen) atoms. The zero-order chi connectivity index (χ0) is 15.8. The Morgan fingerprint density at radius 3 is 2.67 bits per heavy atom. The van der Waals surface area contributed by atoms with Gasteiger partial charge in [0.2, 0.25) is 0 Å². The van der Waals surface area contributed by atoms with E-state index in [4.69, 9.17) is 10.5 Å². The van der Waals surface area contributed by atoms with E-state index in [1.54, 1.807) is 6.92 Å². The molecule has 1 fully saturated rings. The molecule has 1 aromatic carbocycles. The van der Waals surface area contributed by atoms with Gasteiger partial charge in [-0.15, -0.1) is 0 Å². The quantitative estimate of drug-likeness (QED) is 0.811. The third kappa shape index (κ3) is 3.29. The van der Waals surface area contributed by atoms with E-state index in [-0.39, 0.29) is 23.4 Å². The fourth-order valence-corrected chi connectivity index (χ4v) is 2.26. The highest BCUT2D eigenvalue weighted by Gasteiger charge is 2.34. The Labute approximate surface area is 120 Å². The molecule has 1 aliphatic rings. The maximum absolute atomic E-state index is 12.8. The Hall–Kier alpha value is -1.76. The molecule has 0 radical (unpaired) electrons. The smallest absolute Gasteiger partial charge is 0.398 e. The molecule has 1 amide bonds. The lowest BCUT2D eigenvalue weighted by Gasteiger charge is -2.37. The number of hydrogen-bond donors (Lipinski definition) is 1. The molecule has 0 saturated carbocycles. The second kappa shape index (κ2) is 5.55. The van der Waals surface area contributed by atoms with Gasteiger partial charge in [-0.1, -0.05) is 0 Å². The summed E-state index contributed by atoms with van der Waals surface area (Å²) in [5.41, 5.74) is 4.72. The molecule has 0 bridgehead atoms. The third-order valence-electron chi connectivity index (χ3n) is 3.48. The van der Waals surface area contributed by atoms with Crippen LogP contribution in [0, 0.1) is 0 Å². The van der Waals surface area contributed by atoms with Gasteiger partial charge in [-0.05, 0) is 32.0 Å². The first-order chi connectivity index (χ1) is 9.70. The van der Waals surface area contributed by atoms with Gasteiger partial charge in [0.25, 0.3) is 5.91 Å². The number of hydrogen-bond acceptors (Lipinski definition) is 3. The fourth-order valence-electron chi connectivity index (χ4n) is 2.26. The van der Waals surface area contributed by atoms with Crippen molar-refractivity contribution in [3.8, 4) is 0 Å². The molecular formula is C14H17F3N2O2. The van der Waals surface area contributed by atoms with Crippen molar-refractivity contribution in [2.24, 2.45) is 0 Å². The summed E-state index contributed by atoms with van der Waals surface area (Å²) in [4.78, 5) is 14.0. The second-order valence-corrected chi connectivity index (χ2v) is 5.25. The number of anilines is 1. The van der Waals surface area contributed by atoms with Crippen LogP contribution in [0.15, 0.2) is 18.2 Å². The molecule has 1 aliphatic heterocycles. The van der Waals surface area contributed by atoms with E-state index in [9.17, 15) is 18.0 Å². The summed E-state index contributed by atoms with van der Waals surface area (Å²) in [5, 5.41) is 0. The number of nitrogens with zero attached hydrogens (tertiary/aromatic N) is 1. The van der Waals surface area contributed by atoms with Crippen molar-refractivity contribution in [2.45, 2.75) is 32.2 Å². The van der Waals surface area contributed by atoms with Gasteiger partial charge < -0.3 is 15.4 Å². The van der Waals surface area contributed by atoms with Crippen molar-refractivity contribution < 1.29 is 22.7 Å². The summed E-state index contributed by atoms with van der Waals surface area (Å²) >= 11 is 0. The number of nitrogen functional groups attached to an aromatic ring is 1. The van der Waals surface area contributed by atoms with Crippen LogP contribution in [0.5, 0.6) is 0 Å². The number of alkyl halides is 3. The highest BCUT2D eigenvalue weighted by Crippen LogP contribution is 2.32. The molecule has 116 valence electrons. The van der Waals surface area contributed by atoms with Crippen LogP contribution < -0.4 is 5.73 Å². The molecule has 2 atom stereocenters. The van der Waals surface area contributed by atoms with Crippen molar-refractivity contribution in [3.05, 3.63) is 29.3 Å². The van der Waals surface area contributed by atoms with Crippen LogP contribution >= 0.6 is 0 Å². The first-order valence-corrected chi connectivity index (χ1v) is 6.59. The number of nitrogens with two attached hydrogens (primary N) is 1. The van der Waals surface area contributed by atoms with E-state index in [1.165, 1.54) is 4.90 Å². The van der Waals surface area contributed by atoms with Gasteiger partial charge in [-0.25, -0.2) is 0 Å². The van der Waals surface area contributed by atoms with Crippen LogP contribution in [0.25, 0.3) is 0 Å². The van der Waals surface area contributed by atoms with Gasteiger partial charge in [0.15, 0.2) is 0 Å². The second-order valence-electron chi connectivity index (χ2n) is 5.25. The highest BCUT2D eigenvalue weighted by atomic mass is 19.4. The molecule has 0 aliphatic carbocycles. The number of amides is 1. The minimum absolute atomic E-state index is 0.0411. The lowest BCUT2D eigenvalue weighted by molar-refractivity contribution is -0.137. The molecule has 1 saturated heterocycles. The van der Waals surface area contributed by atoms with E-state index >= 15 is 0 Å². The lowest BCUT2D eigenvalue weighted by atomic mass is 10.1. The molecule has 2 unspecified atom stereocenters. The van der Waals surface area contributed by atoms with Crippen molar-refractivity contribution in [1.82, 2.24) is 4.90 Å². The Morgan fingerprint density at radius 1 is 1.38 bits per heavy atom. The monoisotopic (exact) mass is 302 g/mol. The van der Waals surface area contributed by atoms with Crippen LogP contribution in [0.4, 0.5) is 18.9 Å². The van der Waals surface area contributed by atoms with Gasteiger partial charge >= 0.3 is 6.18 Å². The maximum Gasteiger partial charge on any atom is 0.416 e. The van der Waals surface area contributed by atoms with E-state index in [1.807, 2.05) is 6.92 Å². The standard InChI is InChI=1S/C14H17F3N2O2/c1-8-7-21-9(2)6-19(8)13(20)11-5-10(14(15,16)17)3-4-12(11)18/h3-5,8-9H,6-7,18H2,1-2H3. The summed E-state index contributed by atoms with van der Waals surface area (Å²) in [5.74, 6) is -0.499. The molecule has 1 heterocycles. The fraction of sp³-hybridized carbons (Fsp3) is 0.500. The number of carbonyl (C=O) groups excluding carboxylic acids is 1. The lowest BCUT2D eigenvalue weighted by Crippen LogP contribution is -2.50. The SMILES string of the molecule is CC1CN(C(=O)c2cc(C(F)(F)F)ccc2N)C(C)CO1. The number of halogens is 3. The minimum Gasteiger partial charge on any atom is -0.398 e. The minimum atomic E-state index is -4.51. The topological polar surface area (TPSA) is 55.6 Å². The molecule has 4 nitrogen and oxygen atoms in total. The molecule has 1 aromatic rings. The van der Waals surface area contributed by atoms with Gasteiger partial charge in [0.05, 0.1) is 29.9 Å². The van der Waals surface area contributed by atoms with Crippen molar-refractivity contribution in [1.29, 1.82) is 0 Å². The van der Waals surface area contributed by atoms with Gasteiger partial charge in [-0.3, -0.25) is 4.79 Å². The van der Waals surface area contributed by atoms with E-state index < -0.39 is 17.6 Å². The van der Waals surface area contributed by atoms with E-state index in [0.717, 1.165) is 18.2 Å². The molecule has 2 rings (SSSR count). The Morgan fingerprint density at radius 2 is 2.05 bits per heavy atom. The summed E-state index contributed by atoms with van der Waals surface area (Å²) < 4.78 is 43.7. The number of morpholine rings is 1. The van der Waals surface area contributed by atoms with Crippen LogP contribution in [0.1, 0.15) is 29.8 Å². The number of benzene rings is 1. The number of ether oxygens (including phenoxy) is 1. The average molecular weight is 302 g/mol. The third-order valence-corrected chi connectivity index (χ3v) is 3.48. The predicted molar refractivity (Wildman–Crippen MR) is 71.8 cm³/mol. The Balaban J connectivity index is 2.34. The number of carbonyl (C=O) groups is 1.